The summed E-state index contributed by atoms with van der Waals surface area (Å²) in [5.41, 5.74) is 6.97. The molecule has 0 spiro atoms. The van der Waals surface area contributed by atoms with Gasteiger partial charge >= 0.3 is 0 Å². The molecule has 0 aliphatic carbocycles. The number of nitrogens with zero attached hydrogens (tertiary/aromatic N) is 2. The number of rotatable bonds is 2. The van der Waals surface area contributed by atoms with Gasteiger partial charge in [0.2, 0.25) is 0 Å². The number of aliphatic hydroxyl groups is 1. The van der Waals surface area contributed by atoms with Crippen molar-refractivity contribution >= 4 is 43.9 Å². The number of hydrogen-bond donors (Lipinski definition) is 1. The number of para-hydroxylation sites is 2. The van der Waals surface area contributed by atoms with Crippen LogP contribution in [0.1, 0.15) is 19.4 Å². The van der Waals surface area contributed by atoms with Crippen molar-refractivity contribution in [2.24, 2.45) is 0 Å². The van der Waals surface area contributed by atoms with Gasteiger partial charge in [0.25, 0.3) is 0 Å². The molecule has 1 N–H and O–H groups in total. The van der Waals surface area contributed by atoms with E-state index in [2.05, 4.69) is 83.0 Å². The molecule has 0 amide bonds. The van der Waals surface area contributed by atoms with E-state index in [1.807, 2.05) is 12.3 Å². The first-order valence-electron chi connectivity index (χ1n) is 10.8. The number of carbonyl (C=O) groups is 1. The van der Waals surface area contributed by atoms with Gasteiger partial charge in [-0.1, -0.05) is 53.9 Å². The van der Waals surface area contributed by atoms with E-state index in [1.165, 1.54) is 63.6 Å². The summed E-state index contributed by atoms with van der Waals surface area (Å²) in [5.74, 6) is -0.0625. The van der Waals surface area contributed by atoms with Crippen LogP contribution in [0, 0.1) is 13.0 Å². The van der Waals surface area contributed by atoms with Crippen LogP contribution >= 0.6 is 0 Å². The molecule has 0 unspecified atom stereocenters. The van der Waals surface area contributed by atoms with Crippen LogP contribution in [0.3, 0.4) is 0 Å². The van der Waals surface area contributed by atoms with Gasteiger partial charge in [-0.2, -0.15) is 0 Å². The number of carbonyl (C=O) groups excluding carboxylic acids is 1. The average Bonchev–Trinajstić information content (AvgIpc) is 3.31. The fourth-order valence-electron chi connectivity index (χ4n) is 4.53. The number of benzene rings is 3. The van der Waals surface area contributed by atoms with Gasteiger partial charge < -0.3 is 14.5 Å². The normalized spacial score (nSPS) is 11.6. The Morgan fingerprint density at radius 2 is 1.68 bits per heavy atom. The Hall–Kier alpha value is -3.53. The molecule has 6 aromatic rings. The van der Waals surface area contributed by atoms with Gasteiger partial charge in [-0.3, -0.25) is 4.79 Å². The minimum Gasteiger partial charge on any atom is -0.512 e. The van der Waals surface area contributed by atoms with Gasteiger partial charge in [0.1, 0.15) is 0 Å². The Balaban J connectivity index is 0.000000303. The van der Waals surface area contributed by atoms with Crippen LogP contribution in [-0.4, -0.2) is 20.3 Å². The minimum atomic E-state index is -0.125. The smallest absolute Gasteiger partial charge is 0.155 e. The molecule has 0 aliphatic heterocycles. The van der Waals surface area contributed by atoms with Gasteiger partial charge in [0.05, 0.1) is 16.8 Å². The van der Waals surface area contributed by atoms with E-state index in [9.17, 15) is 4.79 Å². The molecule has 34 heavy (non-hydrogen) atoms. The molecule has 0 bridgehead atoms. The summed E-state index contributed by atoms with van der Waals surface area (Å²) in [7, 11) is 0. The van der Waals surface area contributed by atoms with Crippen LogP contribution in [0.15, 0.2) is 84.8 Å². The molecule has 5 heteroatoms. The predicted octanol–water partition coefficient (Wildman–Crippen LogP) is 7.04. The molecular weight excluding hydrogens is 601 g/mol. The number of hydrogen-bond acceptors (Lipinski definition) is 3. The van der Waals surface area contributed by atoms with Crippen molar-refractivity contribution in [1.29, 1.82) is 0 Å². The van der Waals surface area contributed by atoms with Gasteiger partial charge in [-0.25, -0.2) is 0 Å². The summed E-state index contributed by atoms with van der Waals surface area (Å²) < 4.78 is 2.39. The number of aromatic nitrogens is 2. The molecule has 6 rings (SSSR count). The van der Waals surface area contributed by atoms with Crippen molar-refractivity contribution in [2.75, 3.05) is 0 Å². The predicted molar refractivity (Wildman–Crippen MR) is 135 cm³/mol. The van der Waals surface area contributed by atoms with E-state index in [1.54, 1.807) is 0 Å². The Kier molecular flexibility index (Phi) is 6.51. The van der Waals surface area contributed by atoms with E-state index >= 15 is 0 Å². The fraction of sp³-hybridized carbons (Fsp3) is 0.103. The first kappa shape index (κ1) is 23.6. The van der Waals surface area contributed by atoms with Crippen molar-refractivity contribution in [3.05, 3.63) is 96.4 Å². The van der Waals surface area contributed by atoms with Gasteiger partial charge in [0.15, 0.2) is 5.78 Å². The molecule has 0 saturated carbocycles. The first-order chi connectivity index (χ1) is 16.0. The molecular formula is C29H23IrN2O2-. The van der Waals surface area contributed by atoms with Gasteiger partial charge in [-0.05, 0) is 49.0 Å². The van der Waals surface area contributed by atoms with Crippen LogP contribution in [0.4, 0.5) is 0 Å². The molecule has 171 valence electrons. The fourth-order valence-corrected chi connectivity index (χ4v) is 4.53. The zero-order chi connectivity index (χ0) is 23.1. The molecule has 0 fully saturated rings. The van der Waals surface area contributed by atoms with Crippen LogP contribution in [0.5, 0.6) is 0 Å². The first-order valence-corrected chi connectivity index (χ1v) is 10.8. The molecule has 0 saturated heterocycles. The molecule has 3 aromatic heterocycles. The Morgan fingerprint density at radius 3 is 2.35 bits per heavy atom. The summed E-state index contributed by atoms with van der Waals surface area (Å²) in [5, 5.41) is 13.5. The van der Waals surface area contributed by atoms with Crippen LogP contribution in [0.25, 0.3) is 49.4 Å². The minimum absolute atomic E-state index is 0. The van der Waals surface area contributed by atoms with Crippen molar-refractivity contribution in [3.63, 3.8) is 0 Å². The maximum atomic E-state index is 10.0. The molecule has 4 nitrogen and oxygen atoms in total. The van der Waals surface area contributed by atoms with E-state index in [0.717, 1.165) is 11.3 Å². The molecule has 3 aromatic carbocycles. The number of allylic oxidation sites excluding steroid dienone is 2. The van der Waals surface area contributed by atoms with Crippen molar-refractivity contribution < 1.29 is 30.0 Å². The zero-order valence-electron chi connectivity index (χ0n) is 19.1. The quantitative estimate of drug-likeness (QED) is 0.128. The van der Waals surface area contributed by atoms with E-state index < -0.39 is 0 Å². The topological polar surface area (TPSA) is 54.6 Å². The third-order valence-electron chi connectivity index (χ3n) is 5.76. The van der Waals surface area contributed by atoms with Crippen LogP contribution in [0.2, 0.25) is 0 Å². The summed E-state index contributed by atoms with van der Waals surface area (Å²) in [6.45, 7) is 4.91. The summed E-state index contributed by atoms with van der Waals surface area (Å²) >= 11 is 0. The molecule has 1 radical (unpaired) electrons. The van der Waals surface area contributed by atoms with Gasteiger partial charge in [0, 0.05) is 43.2 Å². The summed E-state index contributed by atoms with van der Waals surface area (Å²) in [6, 6.07) is 27.1. The average molecular weight is 624 g/mol. The Morgan fingerprint density at radius 1 is 0.941 bits per heavy atom. The number of ketones is 1. The number of pyridine rings is 1. The second kappa shape index (κ2) is 9.38. The monoisotopic (exact) mass is 624 g/mol. The van der Waals surface area contributed by atoms with Crippen molar-refractivity contribution in [1.82, 2.24) is 9.38 Å². The van der Waals surface area contributed by atoms with Crippen LogP contribution in [-0.2, 0) is 24.9 Å². The summed E-state index contributed by atoms with van der Waals surface area (Å²) in [6.07, 6.45) is 3.09. The van der Waals surface area contributed by atoms with E-state index in [-0.39, 0.29) is 31.6 Å². The Bertz CT molecular complexity index is 1660. The third-order valence-corrected chi connectivity index (χ3v) is 5.76. The maximum Gasteiger partial charge on any atom is 0.155 e. The largest absolute Gasteiger partial charge is 0.512 e. The van der Waals surface area contributed by atoms with E-state index in [4.69, 9.17) is 5.11 Å². The second-order valence-corrected chi connectivity index (χ2v) is 8.28. The van der Waals surface area contributed by atoms with E-state index in [0.29, 0.717) is 0 Å². The number of fused-ring (bicyclic) bond motifs is 6. The zero-order valence-corrected chi connectivity index (χ0v) is 21.5. The van der Waals surface area contributed by atoms with Gasteiger partial charge in [-0.15, -0.1) is 23.8 Å². The number of aliphatic hydroxyl groups excluding tert-OH is 1. The standard InChI is InChI=1S/C24H15N2.C5H8O2.Ir/c1-15-12-13-20(25-14-15)18-8-5-11-22-23(18)19-9-4-7-17-16-6-2-3-10-21(16)26(22)24(17)19;1-4(6)3-5(2)7;/h2-7,9-14H,1H3;3,6H,1-2H3;/q-1;;/b;4-3-;. The molecule has 0 aliphatic rings. The Labute approximate surface area is 211 Å². The molecule has 0 atom stereocenters. The van der Waals surface area contributed by atoms with Crippen molar-refractivity contribution in [2.45, 2.75) is 20.8 Å². The molecule has 3 heterocycles. The van der Waals surface area contributed by atoms with Crippen molar-refractivity contribution in [3.8, 4) is 11.3 Å². The SMILES string of the molecule is CC(=O)/C=C(/C)O.Cc1ccc(-c2[c-]ccc3c2c2cccc4c5ccccc5n3c42)nc1.[Ir]. The van der Waals surface area contributed by atoms with Crippen LogP contribution < -0.4 is 0 Å². The summed E-state index contributed by atoms with van der Waals surface area (Å²) in [4.78, 5) is 14.7. The number of aryl methyl sites for hydroxylation is 1. The maximum absolute atomic E-state index is 10.0. The second-order valence-electron chi connectivity index (χ2n) is 8.28. The third kappa shape index (κ3) is 3.98.